The quantitative estimate of drug-likeness (QED) is 0.587. The summed E-state index contributed by atoms with van der Waals surface area (Å²) in [5, 5.41) is 1.74. The van der Waals surface area contributed by atoms with Crippen LogP contribution in [0.4, 0.5) is 0 Å². The fraction of sp³-hybridized carbons (Fsp3) is 0.652. The van der Waals surface area contributed by atoms with Crippen molar-refractivity contribution in [2.24, 2.45) is 0 Å². The lowest BCUT2D eigenvalue weighted by Crippen LogP contribution is -2.64. The summed E-state index contributed by atoms with van der Waals surface area (Å²) in [5.74, 6) is -1.02. The number of amides is 2. The summed E-state index contributed by atoms with van der Waals surface area (Å²) >= 11 is 0. The van der Waals surface area contributed by atoms with Gasteiger partial charge in [0.2, 0.25) is 0 Å². The number of carbonyl (C=O) groups excluding carboxylic acids is 2. The van der Waals surface area contributed by atoms with Crippen LogP contribution in [0.25, 0.3) is 0 Å². The van der Waals surface area contributed by atoms with Gasteiger partial charge in [0.1, 0.15) is 0 Å². The van der Waals surface area contributed by atoms with E-state index in [1.165, 1.54) is 5.56 Å². The molecule has 0 aliphatic carbocycles. The fourth-order valence-corrected chi connectivity index (χ4v) is 4.63. The number of hydrogen-bond acceptors (Lipinski definition) is 4. The van der Waals surface area contributed by atoms with Gasteiger partial charge < -0.3 is 4.90 Å². The third-order valence-corrected chi connectivity index (χ3v) is 6.20. The minimum atomic E-state index is -0.557. The van der Waals surface area contributed by atoms with Crippen LogP contribution in [0.15, 0.2) is 30.3 Å². The van der Waals surface area contributed by atoms with Crippen LogP contribution in [0.1, 0.15) is 59.9 Å². The molecule has 1 saturated heterocycles. The predicted molar refractivity (Wildman–Crippen MR) is 117 cm³/mol. The highest BCUT2D eigenvalue weighted by molar-refractivity contribution is 6.34. The number of nitrogens with one attached hydrogen (secondary N) is 1. The Kier molecular flexibility index (Phi) is 7.46. The van der Waals surface area contributed by atoms with Gasteiger partial charge in [0.25, 0.3) is 0 Å². The van der Waals surface area contributed by atoms with Crippen molar-refractivity contribution in [2.75, 3.05) is 20.1 Å². The van der Waals surface area contributed by atoms with Crippen LogP contribution in [-0.4, -0.2) is 63.9 Å². The Bertz CT molecular complexity index is 680. The first-order valence-corrected chi connectivity index (χ1v) is 10.7. The number of carbonyl (C=O) groups is 2. The van der Waals surface area contributed by atoms with E-state index in [0.717, 1.165) is 19.4 Å². The monoisotopic (exact) mass is 402 g/mol. The van der Waals surface area contributed by atoms with Crippen LogP contribution < -0.4 is 5.43 Å². The van der Waals surface area contributed by atoms with Crippen LogP contribution in [0.2, 0.25) is 0 Å². The molecule has 162 valence electrons. The van der Waals surface area contributed by atoms with Gasteiger partial charge in [-0.25, -0.2) is 5.01 Å². The Morgan fingerprint density at radius 2 is 1.55 bits per heavy atom. The summed E-state index contributed by atoms with van der Waals surface area (Å²) in [6.07, 6.45) is 1.65. The molecule has 0 unspecified atom stereocenters. The Morgan fingerprint density at radius 3 is 2.03 bits per heavy atom. The number of benzene rings is 1. The molecule has 0 radical (unpaired) electrons. The van der Waals surface area contributed by atoms with E-state index in [1.807, 2.05) is 19.9 Å². The topological polar surface area (TPSA) is 55.9 Å². The van der Waals surface area contributed by atoms with E-state index in [2.05, 4.69) is 62.3 Å². The SMILES string of the molecule is CCN(CC)NC(=O)C(=O)N(C)C1CC(C)(C)N(Cc2ccccc2)C(C)(C)C1. The summed E-state index contributed by atoms with van der Waals surface area (Å²) in [7, 11) is 1.76. The molecule has 1 aromatic carbocycles. The molecule has 1 aliphatic heterocycles. The lowest BCUT2D eigenvalue weighted by atomic mass is 9.76. The molecule has 29 heavy (non-hydrogen) atoms. The fourth-order valence-electron chi connectivity index (χ4n) is 4.63. The second-order valence-corrected chi connectivity index (χ2v) is 9.29. The average Bonchev–Trinajstić information content (AvgIpc) is 2.67. The van der Waals surface area contributed by atoms with E-state index in [-0.39, 0.29) is 17.1 Å². The zero-order chi connectivity index (χ0) is 21.8. The summed E-state index contributed by atoms with van der Waals surface area (Å²) in [4.78, 5) is 29.4. The van der Waals surface area contributed by atoms with Gasteiger partial charge >= 0.3 is 11.8 Å². The molecule has 1 aliphatic rings. The normalized spacial score (nSPS) is 19.2. The van der Waals surface area contributed by atoms with Gasteiger partial charge in [0, 0.05) is 43.8 Å². The maximum Gasteiger partial charge on any atom is 0.323 e. The van der Waals surface area contributed by atoms with Crippen molar-refractivity contribution >= 4 is 11.8 Å². The molecular weight excluding hydrogens is 364 g/mol. The van der Waals surface area contributed by atoms with Gasteiger partial charge in [-0.3, -0.25) is 19.9 Å². The molecule has 6 heteroatoms. The zero-order valence-electron chi connectivity index (χ0n) is 19.2. The van der Waals surface area contributed by atoms with Crippen molar-refractivity contribution in [3.63, 3.8) is 0 Å². The number of hydrogen-bond donors (Lipinski definition) is 1. The maximum absolute atomic E-state index is 12.8. The molecule has 6 nitrogen and oxygen atoms in total. The molecule has 0 bridgehead atoms. The maximum atomic E-state index is 12.8. The van der Waals surface area contributed by atoms with Gasteiger partial charge in [0.05, 0.1) is 0 Å². The van der Waals surface area contributed by atoms with Crippen LogP contribution in [0.3, 0.4) is 0 Å². The molecule has 1 aromatic rings. The highest BCUT2D eigenvalue weighted by Gasteiger charge is 2.47. The molecule has 0 atom stereocenters. The number of piperidine rings is 1. The second kappa shape index (κ2) is 9.26. The zero-order valence-corrected chi connectivity index (χ0v) is 19.2. The van der Waals surface area contributed by atoms with Crippen LogP contribution in [0, 0.1) is 0 Å². The Hall–Kier alpha value is -1.92. The predicted octanol–water partition coefficient (Wildman–Crippen LogP) is 3.04. The van der Waals surface area contributed by atoms with Crippen molar-refractivity contribution < 1.29 is 9.59 Å². The highest BCUT2D eigenvalue weighted by atomic mass is 16.2. The van der Waals surface area contributed by atoms with Gasteiger partial charge in [0.15, 0.2) is 0 Å². The number of rotatable bonds is 6. The van der Waals surface area contributed by atoms with E-state index in [1.54, 1.807) is 17.0 Å². The molecule has 1 N–H and O–H groups in total. The van der Waals surface area contributed by atoms with E-state index in [0.29, 0.717) is 13.1 Å². The molecule has 0 spiro atoms. The Balaban J connectivity index is 2.13. The lowest BCUT2D eigenvalue weighted by Gasteiger charge is -2.56. The summed E-state index contributed by atoms with van der Waals surface area (Å²) in [6.45, 7) is 15.0. The number of nitrogens with zero attached hydrogens (tertiary/aromatic N) is 3. The smallest absolute Gasteiger partial charge is 0.323 e. The average molecular weight is 403 g/mol. The van der Waals surface area contributed by atoms with Gasteiger partial charge in [-0.2, -0.15) is 0 Å². The molecule has 1 fully saturated rings. The molecular formula is C23H38N4O2. The number of likely N-dealkylation sites (tertiary alicyclic amines) is 1. The molecule has 2 rings (SSSR count). The third-order valence-electron chi connectivity index (χ3n) is 6.20. The first kappa shape index (κ1) is 23.4. The largest absolute Gasteiger partial charge is 0.334 e. The number of hydrazine groups is 1. The summed E-state index contributed by atoms with van der Waals surface area (Å²) < 4.78 is 0. The third kappa shape index (κ3) is 5.58. The molecule has 2 amide bonds. The number of likely N-dealkylation sites (N-methyl/N-ethyl adjacent to an activating group) is 1. The van der Waals surface area contributed by atoms with Crippen molar-refractivity contribution in [2.45, 2.75) is 78.0 Å². The highest BCUT2D eigenvalue weighted by Crippen LogP contribution is 2.41. The standard InChI is InChI=1S/C23H38N4O2/c1-8-26(9-2)24-20(28)21(29)25(7)19-15-22(3,4)27(23(5,6)16-19)17-18-13-11-10-12-14-18/h10-14,19H,8-9,15-17H2,1-7H3,(H,24,28). The molecule has 0 saturated carbocycles. The van der Waals surface area contributed by atoms with Gasteiger partial charge in [-0.1, -0.05) is 44.2 Å². The summed E-state index contributed by atoms with van der Waals surface area (Å²) in [6, 6.07) is 10.5. The second-order valence-electron chi connectivity index (χ2n) is 9.29. The molecule has 1 heterocycles. The van der Waals surface area contributed by atoms with E-state index < -0.39 is 11.8 Å². The van der Waals surface area contributed by atoms with Crippen molar-refractivity contribution in [3.8, 4) is 0 Å². The van der Waals surface area contributed by atoms with Crippen molar-refractivity contribution in [1.82, 2.24) is 20.2 Å². The van der Waals surface area contributed by atoms with E-state index >= 15 is 0 Å². The van der Waals surface area contributed by atoms with E-state index in [4.69, 9.17) is 0 Å². The van der Waals surface area contributed by atoms with Crippen molar-refractivity contribution in [1.29, 1.82) is 0 Å². The van der Waals surface area contributed by atoms with E-state index in [9.17, 15) is 9.59 Å². The van der Waals surface area contributed by atoms with Crippen LogP contribution >= 0.6 is 0 Å². The minimum absolute atomic E-state index is 0.0157. The lowest BCUT2D eigenvalue weighted by molar-refractivity contribution is -0.152. The minimum Gasteiger partial charge on any atom is -0.334 e. The van der Waals surface area contributed by atoms with Gasteiger partial charge in [-0.05, 0) is 46.1 Å². The van der Waals surface area contributed by atoms with Crippen LogP contribution in [-0.2, 0) is 16.1 Å². The van der Waals surface area contributed by atoms with Crippen LogP contribution in [0.5, 0.6) is 0 Å². The first-order valence-electron chi connectivity index (χ1n) is 10.7. The Labute approximate surface area is 176 Å². The Morgan fingerprint density at radius 1 is 1.03 bits per heavy atom. The van der Waals surface area contributed by atoms with Gasteiger partial charge in [-0.15, -0.1) is 0 Å². The van der Waals surface area contributed by atoms with Crippen molar-refractivity contribution in [3.05, 3.63) is 35.9 Å². The summed E-state index contributed by atoms with van der Waals surface area (Å²) in [5.41, 5.74) is 3.79. The molecule has 0 aromatic heterocycles. The first-order chi connectivity index (χ1) is 13.5.